The largest absolute Gasteiger partial charge is 0.313 e. The number of hydrogen-bond donors (Lipinski definition) is 1. The molecule has 20 heavy (non-hydrogen) atoms. The van der Waals surface area contributed by atoms with Crippen LogP contribution < -0.4 is 5.32 Å². The first-order valence-electron chi connectivity index (χ1n) is 8.63. The van der Waals surface area contributed by atoms with Gasteiger partial charge in [0.25, 0.3) is 0 Å². The summed E-state index contributed by atoms with van der Waals surface area (Å²) in [6.07, 6.45) is 9.26. The lowest BCUT2D eigenvalue weighted by Gasteiger charge is -2.54. The van der Waals surface area contributed by atoms with Crippen LogP contribution in [0.15, 0.2) is 30.3 Å². The van der Waals surface area contributed by atoms with Crippen LogP contribution >= 0.6 is 0 Å². The fourth-order valence-corrected chi connectivity index (χ4v) is 5.61. The van der Waals surface area contributed by atoms with Gasteiger partial charge in [0.2, 0.25) is 0 Å². The maximum atomic E-state index is 3.66. The summed E-state index contributed by atoms with van der Waals surface area (Å²) < 4.78 is 0. The van der Waals surface area contributed by atoms with Crippen LogP contribution in [0.25, 0.3) is 0 Å². The van der Waals surface area contributed by atoms with Crippen molar-refractivity contribution in [2.45, 2.75) is 45.1 Å². The van der Waals surface area contributed by atoms with Crippen LogP contribution in [0.1, 0.15) is 44.1 Å². The predicted molar refractivity (Wildman–Crippen MR) is 83.3 cm³/mol. The van der Waals surface area contributed by atoms with E-state index in [9.17, 15) is 0 Å². The molecular weight excluding hydrogens is 242 g/mol. The van der Waals surface area contributed by atoms with Crippen LogP contribution in [0, 0.1) is 29.6 Å². The Morgan fingerprint density at radius 1 is 0.850 bits per heavy atom. The van der Waals surface area contributed by atoms with E-state index in [1.165, 1.54) is 18.5 Å². The van der Waals surface area contributed by atoms with Gasteiger partial charge in [-0.25, -0.2) is 0 Å². The van der Waals surface area contributed by atoms with E-state index >= 15 is 0 Å². The average Bonchev–Trinajstić information content (AvgIpc) is 2.46. The molecule has 0 heterocycles. The summed E-state index contributed by atoms with van der Waals surface area (Å²) >= 11 is 0. The van der Waals surface area contributed by atoms with Gasteiger partial charge in [-0.05, 0) is 80.2 Å². The molecule has 1 aromatic carbocycles. The highest BCUT2D eigenvalue weighted by molar-refractivity contribution is 5.14. The number of benzene rings is 1. The minimum Gasteiger partial charge on any atom is -0.313 e. The smallest absolute Gasteiger partial charge is 0.0205 e. The highest BCUT2D eigenvalue weighted by Crippen LogP contribution is 2.57. The molecule has 0 radical (unpaired) electrons. The zero-order valence-electron chi connectivity index (χ0n) is 12.4. The molecule has 0 aliphatic heterocycles. The lowest BCUT2D eigenvalue weighted by Crippen LogP contribution is -2.45. The first-order valence-corrected chi connectivity index (χ1v) is 8.63. The molecule has 4 bridgehead atoms. The van der Waals surface area contributed by atoms with Crippen molar-refractivity contribution in [1.82, 2.24) is 5.32 Å². The maximum absolute atomic E-state index is 3.66. The third-order valence-electron chi connectivity index (χ3n) is 6.25. The summed E-state index contributed by atoms with van der Waals surface area (Å²) in [5.74, 6) is 5.46. The second-order valence-corrected chi connectivity index (χ2v) is 7.55. The molecule has 4 aliphatic rings. The van der Waals surface area contributed by atoms with E-state index in [4.69, 9.17) is 0 Å². The fraction of sp³-hybridized carbons (Fsp3) is 0.684. The first-order chi connectivity index (χ1) is 9.88. The van der Waals surface area contributed by atoms with Crippen LogP contribution in [0.2, 0.25) is 0 Å². The van der Waals surface area contributed by atoms with Gasteiger partial charge in [-0.1, -0.05) is 30.3 Å². The molecule has 0 amide bonds. The summed E-state index contributed by atoms with van der Waals surface area (Å²) in [7, 11) is 0. The molecule has 0 aromatic heterocycles. The Labute approximate surface area is 123 Å². The SMILES string of the molecule is c1ccc(CNCCC2C3CC4CC(C3)CC2C4)cc1. The molecule has 4 aliphatic carbocycles. The van der Waals surface area contributed by atoms with E-state index in [-0.39, 0.29) is 0 Å². The number of hydrogen-bond acceptors (Lipinski definition) is 1. The van der Waals surface area contributed by atoms with Gasteiger partial charge in [-0.2, -0.15) is 0 Å². The van der Waals surface area contributed by atoms with Crippen molar-refractivity contribution in [3.05, 3.63) is 35.9 Å². The molecule has 1 N–H and O–H groups in total. The summed E-state index contributed by atoms with van der Waals surface area (Å²) in [6.45, 7) is 2.25. The van der Waals surface area contributed by atoms with E-state index < -0.39 is 0 Å². The van der Waals surface area contributed by atoms with Crippen molar-refractivity contribution in [2.24, 2.45) is 29.6 Å². The van der Waals surface area contributed by atoms with Crippen molar-refractivity contribution < 1.29 is 0 Å². The van der Waals surface area contributed by atoms with Crippen molar-refractivity contribution in [1.29, 1.82) is 0 Å². The normalized spacial score (nSPS) is 38.3. The Bertz CT molecular complexity index is 410. The van der Waals surface area contributed by atoms with Crippen molar-refractivity contribution in [2.75, 3.05) is 6.54 Å². The van der Waals surface area contributed by atoms with E-state index in [1.807, 2.05) is 0 Å². The van der Waals surface area contributed by atoms with Crippen molar-refractivity contribution >= 4 is 0 Å². The Balaban J connectivity index is 1.26. The van der Waals surface area contributed by atoms with Crippen LogP contribution in [-0.2, 0) is 6.54 Å². The third kappa shape index (κ3) is 2.53. The maximum Gasteiger partial charge on any atom is 0.0205 e. The Hall–Kier alpha value is -0.820. The van der Waals surface area contributed by atoms with E-state index in [0.29, 0.717) is 0 Å². The lowest BCUT2D eigenvalue weighted by molar-refractivity contribution is -0.0393. The monoisotopic (exact) mass is 269 g/mol. The molecule has 4 saturated carbocycles. The molecule has 4 fully saturated rings. The van der Waals surface area contributed by atoms with Crippen LogP contribution in [-0.4, -0.2) is 6.54 Å². The molecule has 108 valence electrons. The highest BCUT2D eigenvalue weighted by Gasteiger charge is 2.47. The van der Waals surface area contributed by atoms with E-state index in [1.54, 1.807) is 32.1 Å². The van der Waals surface area contributed by atoms with Crippen molar-refractivity contribution in [3.8, 4) is 0 Å². The third-order valence-corrected chi connectivity index (χ3v) is 6.25. The zero-order valence-corrected chi connectivity index (χ0v) is 12.4. The molecule has 0 unspecified atom stereocenters. The van der Waals surface area contributed by atoms with Gasteiger partial charge in [-0.3, -0.25) is 0 Å². The van der Waals surface area contributed by atoms with E-state index in [2.05, 4.69) is 35.6 Å². The van der Waals surface area contributed by atoms with Gasteiger partial charge in [0.15, 0.2) is 0 Å². The van der Waals surface area contributed by atoms with Crippen LogP contribution in [0.4, 0.5) is 0 Å². The fourth-order valence-electron chi connectivity index (χ4n) is 5.61. The topological polar surface area (TPSA) is 12.0 Å². The molecule has 1 heteroatoms. The zero-order chi connectivity index (χ0) is 13.4. The van der Waals surface area contributed by atoms with Crippen LogP contribution in [0.5, 0.6) is 0 Å². The lowest BCUT2D eigenvalue weighted by atomic mass is 9.51. The Morgan fingerprint density at radius 2 is 1.50 bits per heavy atom. The van der Waals surface area contributed by atoms with Gasteiger partial charge < -0.3 is 5.32 Å². The quantitative estimate of drug-likeness (QED) is 0.788. The highest BCUT2D eigenvalue weighted by atomic mass is 14.8. The Kier molecular flexibility index (Phi) is 3.56. The predicted octanol–water partition coefficient (Wildman–Crippen LogP) is 4.24. The summed E-state index contributed by atoms with van der Waals surface area (Å²) in [5.41, 5.74) is 1.41. The Morgan fingerprint density at radius 3 is 2.15 bits per heavy atom. The van der Waals surface area contributed by atoms with Gasteiger partial charge in [0.05, 0.1) is 0 Å². The number of nitrogens with one attached hydrogen (secondary N) is 1. The van der Waals surface area contributed by atoms with Crippen LogP contribution in [0.3, 0.4) is 0 Å². The molecular formula is C19H27N. The molecule has 5 rings (SSSR count). The number of rotatable bonds is 5. The van der Waals surface area contributed by atoms with Gasteiger partial charge in [0.1, 0.15) is 0 Å². The second-order valence-electron chi connectivity index (χ2n) is 7.55. The molecule has 1 nitrogen and oxygen atoms in total. The molecule has 0 saturated heterocycles. The van der Waals surface area contributed by atoms with Crippen molar-refractivity contribution in [3.63, 3.8) is 0 Å². The molecule has 1 aromatic rings. The standard InChI is InChI=1S/C19H27N/c1-2-4-14(5-3-1)13-20-7-6-19-17-9-15-8-16(11-17)12-18(19)10-15/h1-5,15-20H,6-13H2. The first kappa shape index (κ1) is 12.9. The van der Waals surface area contributed by atoms with E-state index in [0.717, 1.165) is 36.1 Å². The average molecular weight is 269 g/mol. The van der Waals surface area contributed by atoms with Gasteiger partial charge >= 0.3 is 0 Å². The summed E-state index contributed by atoms with van der Waals surface area (Å²) in [5, 5.41) is 3.66. The minimum absolute atomic E-state index is 1.04. The summed E-state index contributed by atoms with van der Waals surface area (Å²) in [6, 6.07) is 10.8. The molecule has 0 spiro atoms. The second kappa shape index (κ2) is 5.52. The molecule has 0 atom stereocenters. The van der Waals surface area contributed by atoms with Gasteiger partial charge in [0, 0.05) is 6.54 Å². The van der Waals surface area contributed by atoms with Gasteiger partial charge in [-0.15, -0.1) is 0 Å². The minimum atomic E-state index is 1.04. The summed E-state index contributed by atoms with van der Waals surface area (Å²) in [4.78, 5) is 0.